The van der Waals surface area contributed by atoms with Crippen LogP contribution < -0.4 is 10.9 Å². The summed E-state index contributed by atoms with van der Waals surface area (Å²) in [4.78, 5) is 51.2. The molecule has 12 nitrogen and oxygen atoms in total. The molecule has 50 heavy (non-hydrogen) atoms. The predicted octanol–water partition coefficient (Wildman–Crippen LogP) is 4.81. The Balaban J connectivity index is 0.00000212. The first-order valence-corrected chi connectivity index (χ1v) is 16.1. The molecule has 2 amide bonds. The number of ether oxygens (including phenoxy) is 1. The third kappa shape index (κ3) is 6.44. The van der Waals surface area contributed by atoms with E-state index < -0.39 is 29.0 Å². The van der Waals surface area contributed by atoms with Gasteiger partial charge in [-0.3, -0.25) is 18.8 Å². The maximum atomic E-state index is 14.2. The minimum atomic E-state index is -4.60. The second kappa shape index (κ2) is 13.8. The number of alkyl halides is 4. The smallest absolute Gasteiger partial charge is 0.416 e. The van der Waals surface area contributed by atoms with Crippen LogP contribution >= 0.6 is 11.6 Å². The monoisotopic (exact) mass is 717 g/mol. The summed E-state index contributed by atoms with van der Waals surface area (Å²) in [6.45, 7) is 1.15. The van der Waals surface area contributed by atoms with Crippen molar-refractivity contribution in [3.63, 3.8) is 0 Å². The number of hydrogen-bond acceptors (Lipinski definition) is 8. The van der Waals surface area contributed by atoms with E-state index in [2.05, 4.69) is 20.4 Å². The summed E-state index contributed by atoms with van der Waals surface area (Å²) in [6.07, 6.45) is 1.16. The zero-order valence-corrected chi connectivity index (χ0v) is 27.5. The van der Waals surface area contributed by atoms with Crippen LogP contribution in [-0.2, 0) is 34.1 Å². The van der Waals surface area contributed by atoms with Gasteiger partial charge in [-0.2, -0.15) is 22.7 Å². The molecule has 17 heteroatoms. The molecule has 1 fully saturated rings. The number of rotatable bonds is 5. The standard InChI is InChI=1S/C32H29ClF3N7O5.CH3F/c33-20-16-19(32(34,35)36)3-4-21(20)38-24(45)17-42-22-5-8-31(9-12-41(13-10-31)29(47)26-23(44)2-1-11-37-26)25(22)28(46)43-30(42)39-27(40-43)18-6-14-48-15-7-18;1-2/h1-4,6,11,16,44H,5,7-10,12-15,17H2,(H,38,45);1H3. The Labute approximate surface area is 287 Å². The van der Waals surface area contributed by atoms with Crippen LogP contribution in [0.25, 0.3) is 11.4 Å². The number of nitrogens with one attached hydrogen (secondary N) is 1. The average Bonchev–Trinajstić information content (AvgIpc) is 3.72. The Bertz CT molecular complexity index is 2050. The lowest BCUT2D eigenvalue weighted by molar-refractivity contribution is -0.137. The number of aromatic nitrogens is 5. The fourth-order valence-corrected chi connectivity index (χ4v) is 7.11. The molecule has 3 aliphatic rings. The van der Waals surface area contributed by atoms with Crippen molar-refractivity contribution in [1.29, 1.82) is 0 Å². The molecule has 2 aliphatic heterocycles. The molecule has 7 rings (SSSR count). The summed E-state index contributed by atoms with van der Waals surface area (Å²) in [6, 6.07) is 5.60. The van der Waals surface area contributed by atoms with Crippen molar-refractivity contribution in [2.24, 2.45) is 0 Å². The summed E-state index contributed by atoms with van der Waals surface area (Å²) < 4.78 is 57.3. The van der Waals surface area contributed by atoms with Crippen LogP contribution in [-0.4, -0.2) is 79.5 Å². The third-order valence-electron chi connectivity index (χ3n) is 9.34. The topological polar surface area (TPSA) is 144 Å². The van der Waals surface area contributed by atoms with E-state index in [-0.39, 0.29) is 40.0 Å². The van der Waals surface area contributed by atoms with Gasteiger partial charge in [-0.25, -0.2) is 4.98 Å². The summed E-state index contributed by atoms with van der Waals surface area (Å²) in [5, 5.41) is 17.1. The van der Waals surface area contributed by atoms with Crippen LogP contribution in [0, 0.1) is 0 Å². The highest BCUT2D eigenvalue weighted by molar-refractivity contribution is 6.33. The molecular formula is C33H32ClF4N7O5. The number of anilines is 1. The minimum Gasteiger partial charge on any atom is -0.505 e. The van der Waals surface area contributed by atoms with E-state index in [9.17, 15) is 37.1 Å². The maximum Gasteiger partial charge on any atom is 0.416 e. The van der Waals surface area contributed by atoms with Gasteiger partial charge < -0.3 is 24.6 Å². The summed E-state index contributed by atoms with van der Waals surface area (Å²) in [5.41, 5.74) is -0.0264. The van der Waals surface area contributed by atoms with Gasteiger partial charge >= 0.3 is 6.18 Å². The van der Waals surface area contributed by atoms with E-state index in [0.717, 1.165) is 23.8 Å². The molecule has 0 unspecified atom stereocenters. The highest BCUT2D eigenvalue weighted by atomic mass is 35.5. The summed E-state index contributed by atoms with van der Waals surface area (Å²) in [5.74, 6) is -0.709. The first-order chi connectivity index (χ1) is 23.9. The fourth-order valence-electron chi connectivity index (χ4n) is 6.88. The number of hydrogen-bond donors (Lipinski definition) is 2. The average molecular weight is 718 g/mol. The van der Waals surface area contributed by atoms with E-state index in [0.29, 0.717) is 82.7 Å². The molecular weight excluding hydrogens is 686 g/mol. The molecule has 2 N–H and O–H groups in total. The Kier molecular flexibility index (Phi) is 9.68. The lowest BCUT2D eigenvalue weighted by Crippen LogP contribution is -2.46. The molecule has 0 radical (unpaired) electrons. The number of pyridine rings is 1. The van der Waals surface area contributed by atoms with Crippen LogP contribution in [0.1, 0.15) is 58.8 Å². The molecule has 3 aromatic heterocycles. The number of carbonyl (C=O) groups is 2. The van der Waals surface area contributed by atoms with Crippen LogP contribution in [0.3, 0.4) is 0 Å². The third-order valence-corrected chi connectivity index (χ3v) is 9.66. The molecule has 5 heterocycles. The normalized spacial score (nSPS) is 16.8. The van der Waals surface area contributed by atoms with Gasteiger partial charge in [0.2, 0.25) is 11.7 Å². The zero-order valence-electron chi connectivity index (χ0n) is 26.8. The lowest BCUT2D eigenvalue weighted by Gasteiger charge is -2.39. The Morgan fingerprint density at radius 1 is 1.12 bits per heavy atom. The predicted molar refractivity (Wildman–Crippen MR) is 174 cm³/mol. The van der Waals surface area contributed by atoms with Gasteiger partial charge in [0.15, 0.2) is 11.5 Å². The quantitative estimate of drug-likeness (QED) is 0.280. The Hall–Kier alpha value is -4.83. The van der Waals surface area contributed by atoms with Gasteiger partial charge in [-0.1, -0.05) is 17.7 Å². The number of piperidine rings is 1. The second-order valence-electron chi connectivity index (χ2n) is 12.1. The first-order valence-electron chi connectivity index (χ1n) is 15.7. The van der Waals surface area contributed by atoms with Crippen molar-refractivity contribution in [2.45, 2.75) is 50.2 Å². The van der Waals surface area contributed by atoms with Gasteiger partial charge in [0.05, 0.1) is 36.7 Å². The number of halogens is 5. The molecule has 1 aliphatic carbocycles. The fraction of sp³-hybridized carbons (Fsp3) is 0.394. The van der Waals surface area contributed by atoms with Crippen LogP contribution in [0.2, 0.25) is 5.02 Å². The van der Waals surface area contributed by atoms with Gasteiger partial charge in [-0.05, 0) is 68.0 Å². The Morgan fingerprint density at radius 2 is 1.88 bits per heavy atom. The number of benzene rings is 1. The van der Waals surface area contributed by atoms with E-state index >= 15 is 0 Å². The van der Waals surface area contributed by atoms with E-state index in [1.807, 2.05) is 6.08 Å². The number of amides is 2. The van der Waals surface area contributed by atoms with Gasteiger partial charge in [-0.15, -0.1) is 5.10 Å². The molecule has 0 bridgehead atoms. The van der Waals surface area contributed by atoms with E-state index in [1.54, 1.807) is 9.47 Å². The highest BCUT2D eigenvalue weighted by Gasteiger charge is 2.46. The van der Waals surface area contributed by atoms with Crippen molar-refractivity contribution >= 4 is 40.5 Å². The van der Waals surface area contributed by atoms with Gasteiger partial charge in [0.1, 0.15) is 12.3 Å². The van der Waals surface area contributed by atoms with E-state index in [4.69, 9.17) is 16.3 Å². The lowest BCUT2D eigenvalue weighted by atomic mass is 9.74. The highest BCUT2D eigenvalue weighted by Crippen LogP contribution is 2.45. The Morgan fingerprint density at radius 3 is 2.54 bits per heavy atom. The number of likely N-dealkylation sites (tertiary alicyclic amines) is 1. The van der Waals surface area contributed by atoms with Crippen molar-refractivity contribution in [3.8, 4) is 5.75 Å². The molecule has 0 atom stereocenters. The largest absolute Gasteiger partial charge is 0.505 e. The van der Waals surface area contributed by atoms with Crippen molar-refractivity contribution < 1.29 is 37.0 Å². The molecule has 1 saturated heterocycles. The summed E-state index contributed by atoms with van der Waals surface area (Å²) in [7, 11) is 0.500. The second-order valence-corrected chi connectivity index (χ2v) is 12.5. The molecule has 4 aromatic rings. The maximum absolute atomic E-state index is 14.2. The van der Waals surface area contributed by atoms with Crippen LogP contribution in [0.4, 0.5) is 23.2 Å². The van der Waals surface area contributed by atoms with Gasteiger partial charge in [0, 0.05) is 36.0 Å². The molecule has 1 spiro atoms. The number of aromatic hydroxyl groups is 1. The van der Waals surface area contributed by atoms with Gasteiger partial charge in [0.25, 0.3) is 11.5 Å². The molecule has 264 valence electrons. The van der Waals surface area contributed by atoms with E-state index in [1.165, 1.54) is 22.8 Å². The van der Waals surface area contributed by atoms with Crippen molar-refractivity contribution in [3.05, 3.63) is 86.3 Å². The number of fused-ring (bicyclic) bond motifs is 3. The summed E-state index contributed by atoms with van der Waals surface area (Å²) >= 11 is 6.11. The number of nitrogens with zero attached hydrogens (tertiary/aromatic N) is 6. The first kappa shape index (κ1) is 35.0. The van der Waals surface area contributed by atoms with Crippen molar-refractivity contribution in [1.82, 2.24) is 29.0 Å². The number of carbonyl (C=O) groups excluding carboxylic acids is 2. The SMILES string of the molecule is CF.O=C(Cn1c2c(c(=O)n3nc(C4=CCOCC4)nc13)C1(CC2)CCN(C(=O)c2ncccc2O)CC1)Nc1ccc(C(F)(F)F)cc1Cl. The van der Waals surface area contributed by atoms with Crippen LogP contribution in [0.15, 0.2) is 47.4 Å². The minimum absolute atomic E-state index is 0.00495. The van der Waals surface area contributed by atoms with Crippen molar-refractivity contribution in [2.75, 3.05) is 38.8 Å². The van der Waals surface area contributed by atoms with Crippen LogP contribution in [0.5, 0.6) is 5.75 Å². The molecule has 1 aromatic carbocycles. The molecule has 0 saturated carbocycles. The zero-order chi connectivity index (χ0) is 35.8.